The second-order valence-corrected chi connectivity index (χ2v) is 6.95. The molecule has 0 bridgehead atoms. The first-order valence-corrected chi connectivity index (χ1v) is 7.61. The molecule has 2 rings (SSSR count). The zero-order valence-corrected chi connectivity index (χ0v) is 11.9. The summed E-state index contributed by atoms with van der Waals surface area (Å²) in [6, 6.07) is 0. The molecule has 1 aliphatic rings. The lowest BCUT2D eigenvalue weighted by molar-refractivity contribution is 0.431. The topological polar surface area (TPSA) is 29.9 Å². The Labute approximate surface area is 108 Å². The fourth-order valence-corrected chi connectivity index (χ4v) is 2.66. The van der Waals surface area contributed by atoms with Crippen LogP contribution in [0.2, 0.25) is 0 Å². The van der Waals surface area contributed by atoms with E-state index in [1.165, 1.54) is 18.5 Å². The van der Waals surface area contributed by atoms with Gasteiger partial charge in [-0.2, -0.15) is 11.8 Å². The van der Waals surface area contributed by atoms with E-state index >= 15 is 0 Å². The van der Waals surface area contributed by atoms with Gasteiger partial charge in [0.05, 0.1) is 6.33 Å². The SMILES string of the molecule is CSC(C)(C)Cn1cncc1C1CCNCC1. The van der Waals surface area contributed by atoms with Crippen LogP contribution < -0.4 is 5.32 Å². The lowest BCUT2D eigenvalue weighted by atomic mass is 9.95. The second kappa shape index (κ2) is 5.44. The van der Waals surface area contributed by atoms with Gasteiger partial charge in [0.25, 0.3) is 0 Å². The summed E-state index contributed by atoms with van der Waals surface area (Å²) in [6.07, 6.45) is 8.72. The Kier molecular flexibility index (Phi) is 4.15. The minimum Gasteiger partial charge on any atom is -0.333 e. The quantitative estimate of drug-likeness (QED) is 0.894. The first-order chi connectivity index (χ1) is 8.12. The van der Waals surface area contributed by atoms with Gasteiger partial charge in [0.2, 0.25) is 0 Å². The van der Waals surface area contributed by atoms with E-state index in [4.69, 9.17) is 0 Å². The summed E-state index contributed by atoms with van der Waals surface area (Å²) in [5.74, 6) is 0.691. The van der Waals surface area contributed by atoms with Gasteiger partial charge in [-0.3, -0.25) is 0 Å². The molecule has 4 heteroatoms. The molecule has 0 aromatic carbocycles. The van der Waals surface area contributed by atoms with Crippen molar-refractivity contribution in [3.8, 4) is 0 Å². The van der Waals surface area contributed by atoms with Crippen molar-refractivity contribution < 1.29 is 0 Å². The van der Waals surface area contributed by atoms with Crippen molar-refractivity contribution >= 4 is 11.8 Å². The zero-order valence-electron chi connectivity index (χ0n) is 11.1. The molecule has 3 nitrogen and oxygen atoms in total. The van der Waals surface area contributed by atoms with E-state index in [1.54, 1.807) is 0 Å². The van der Waals surface area contributed by atoms with Gasteiger partial charge < -0.3 is 9.88 Å². The van der Waals surface area contributed by atoms with Gasteiger partial charge >= 0.3 is 0 Å². The number of rotatable bonds is 4. The monoisotopic (exact) mass is 253 g/mol. The Balaban J connectivity index is 2.10. The summed E-state index contributed by atoms with van der Waals surface area (Å²) in [6.45, 7) is 7.92. The van der Waals surface area contributed by atoms with Crippen molar-refractivity contribution in [1.82, 2.24) is 14.9 Å². The van der Waals surface area contributed by atoms with Crippen LogP contribution in [-0.2, 0) is 6.54 Å². The first kappa shape index (κ1) is 13.0. The highest BCUT2D eigenvalue weighted by Crippen LogP contribution is 2.28. The van der Waals surface area contributed by atoms with Gasteiger partial charge in [-0.15, -0.1) is 0 Å². The van der Waals surface area contributed by atoms with Crippen molar-refractivity contribution in [1.29, 1.82) is 0 Å². The molecule has 0 aliphatic carbocycles. The zero-order chi connectivity index (χ0) is 12.3. The molecular formula is C13H23N3S. The maximum Gasteiger partial charge on any atom is 0.0948 e. The van der Waals surface area contributed by atoms with E-state index in [0.29, 0.717) is 5.92 Å². The van der Waals surface area contributed by atoms with E-state index in [-0.39, 0.29) is 4.75 Å². The van der Waals surface area contributed by atoms with Gasteiger partial charge in [-0.05, 0) is 46.0 Å². The Morgan fingerprint density at radius 3 is 2.82 bits per heavy atom. The number of piperidine rings is 1. The molecule has 1 aliphatic heterocycles. The van der Waals surface area contributed by atoms with Crippen LogP contribution in [0.5, 0.6) is 0 Å². The van der Waals surface area contributed by atoms with Crippen molar-refractivity contribution in [2.45, 2.75) is 43.9 Å². The van der Waals surface area contributed by atoms with Crippen molar-refractivity contribution in [3.63, 3.8) is 0 Å². The highest BCUT2D eigenvalue weighted by atomic mass is 32.2. The van der Waals surface area contributed by atoms with Crippen LogP contribution in [0.15, 0.2) is 12.5 Å². The molecule has 1 saturated heterocycles. The molecule has 0 amide bonds. The first-order valence-electron chi connectivity index (χ1n) is 6.38. The molecule has 1 fully saturated rings. The Hall–Kier alpha value is -0.480. The number of nitrogens with one attached hydrogen (secondary N) is 1. The van der Waals surface area contributed by atoms with E-state index in [1.807, 2.05) is 18.1 Å². The standard InChI is InChI=1S/C13H23N3S/c1-13(2,17-3)9-16-10-15-8-12(16)11-4-6-14-7-5-11/h8,10-11,14H,4-7,9H2,1-3H3. The second-order valence-electron chi connectivity index (χ2n) is 5.43. The molecule has 17 heavy (non-hydrogen) atoms. The lowest BCUT2D eigenvalue weighted by Gasteiger charge is -2.27. The number of hydrogen-bond acceptors (Lipinski definition) is 3. The third-order valence-electron chi connectivity index (χ3n) is 3.61. The minimum atomic E-state index is 0.280. The van der Waals surface area contributed by atoms with Crippen LogP contribution in [0.1, 0.15) is 38.3 Å². The van der Waals surface area contributed by atoms with Gasteiger partial charge in [0.1, 0.15) is 0 Å². The minimum absolute atomic E-state index is 0.280. The largest absolute Gasteiger partial charge is 0.333 e. The van der Waals surface area contributed by atoms with Gasteiger partial charge in [0, 0.05) is 29.1 Å². The van der Waals surface area contributed by atoms with Crippen LogP contribution in [0.3, 0.4) is 0 Å². The molecule has 1 N–H and O–H groups in total. The number of nitrogens with zero attached hydrogens (tertiary/aromatic N) is 2. The van der Waals surface area contributed by atoms with E-state index in [9.17, 15) is 0 Å². The number of imidazole rings is 1. The fourth-order valence-electron chi connectivity index (χ4n) is 2.40. The fraction of sp³-hybridized carbons (Fsp3) is 0.769. The predicted molar refractivity (Wildman–Crippen MR) is 74.7 cm³/mol. The third kappa shape index (κ3) is 3.26. The van der Waals surface area contributed by atoms with Gasteiger partial charge in [0.15, 0.2) is 0 Å². The number of aromatic nitrogens is 2. The van der Waals surface area contributed by atoms with E-state index < -0.39 is 0 Å². The van der Waals surface area contributed by atoms with Gasteiger partial charge in [-0.1, -0.05) is 0 Å². The van der Waals surface area contributed by atoms with Crippen LogP contribution >= 0.6 is 11.8 Å². The average Bonchev–Trinajstić information content (AvgIpc) is 2.77. The summed E-state index contributed by atoms with van der Waals surface area (Å²) in [4.78, 5) is 4.35. The van der Waals surface area contributed by atoms with Crippen molar-refractivity contribution in [2.75, 3.05) is 19.3 Å². The molecule has 0 unspecified atom stereocenters. The maximum absolute atomic E-state index is 4.35. The summed E-state index contributed by atoms with van der Waals surface area (Å²) < 4.78 is 2.63. The molecular weight excluding hydrogens is 230 g/mol. The van der Waals surface area contributed by atoms with E-state index in [0.717, 1.165) is 19.6 Å². The molecule has 1 aromatic heterocycles. The predicted octanol–water partition coefficient (Wildman–Crippen LogP) is 2.49. The molecule has 2 heterocycles. The maximum atomic E-state index is 4.35. The van der Waals surface area contributed by atoms with Crippen LogP contribution in [0, 0.1) is 0 Å². The molecule has 0 spiro atoms. The molecule has 1 aromatic rings. The highest BCUT2D eigenvalue weighted by molar-refractivity contribution is 7.99. The van der Waals surface area contributed by atoms with E-state index in [2.05, 4.69) is 41.2 Å². The Morgan fingerprint density at radius 1 is 1.47 bits per heavy atom. The normalized spacial score (nSPS) is 18.5. The van der Waals surface area contributed by atoms with Crippen LogP contribution in [0.4, 0.5) is 0 Å². The summed E-state index contributed by atoms with van der Waals surface area (Å²) in [5.41, 5.74) is 1.42. The average molecular weight is 253 g/mol. The van der Waals surface area contributed by atoms with Crippen LogP contribution in [0.25, 0.3) is 0 Å². The summed E-state index contributed by atoms with van der Waals surface area (Å²) >= 11 is 1.92. The summed E-state index contributed by atoms with van der Waals surface area (Å²) in [5, 5.41) is 3.42. The molecule has 0 atom stereocenters. The number of thioether (sulfide) groups is 1. The summed E-state index contributed by atoms with van der Waals surface area (Å²) in [7, 11) is 0. The Bertz CT molecular complexity index is 353. The molecule has 96 valence electrons. The molecule has 0 saturated carbocycles. The lowest BCUT2D eigenvalue weighted by Crippen LogP contribution is -2.29. The van der Waals surface area contributed by atoms with Crippen molar-refractivity contribution in [2.24, 2.45) is 0 Å². The highest BCUT2D eigenvalue weighted by Gasteiger charge is 2.22. The van der Waals surface area contributed by atoms with Crippen molar-refractivity contribution in [3.05, 3.63) is 18.2 Å². The smallest absolute Gasteiger partial charge is 0.0948 e. The third-order valence-corrected chi connectivity index (χ3v) is 4.84. The number of hydrogen-bond donors (Lipinski definition) is 1. The molecule has 0 radical (unpaired) electrons. The van der Waals surface area contributed by atoms with Crippen LogP contribution in [-0.4, -0.2) is 33.6 Å². The Morgan fingerprint density at radius 2 is 2.18 bits per heavy atom. The van der Waals surface area contributed by atoms with Gasteiger partial charge in [-0.25, -0.2) is 4.98 Å².